The summed E-state index contributed by atoms with van der Waals surface area (Å²) >= 11 is 0. The molecule has 0 unspecified atom stereocenters. The Kier molecular flexibility index (Phi) is 6.71. The maximum Gasteiger partial charge on any atom is 0.355 e. The molecule has 0 saturated carbocycles. The number of amides is 2. The highest BCUT2D eigenvalue weighted by molar-refractivity contribution is 6.38. The summed E-state index contributed by atoms with van der Waals surface area (Å²) in [5.41, 5.74) is -1.79. The number of hydrogen-bond donors (Lipinski definition) is 0. The van der Waals surface area contributed by atoms with Crippen LogP contribution in [0.5, 0.6) is 0 Å². The van der Waals surface area contributed by atoms with Gasteiger partial charge in [0, 0.05) is 32.0 Å². The Morgan fingerprint density at radius 2 is 1.68 bits per heavy atom. The normalized spacial score (nSPS) is 14.0. The van der Waals surface area contributed by atoms with Gasteiger partial charge in [0.2, 0.25) is 5.91 Å². The van der Waals surface area contributed by atoms with Gasteiger partial charge in [-0.1, -0.05) is 0 Å². The number of hydrogen-bond acceptors (Lipinski definition) is 5. The van der Waals surface area contributed by atoms with Crippen molar-refractivity contribution < 1.29 is 36.7 Å². The molecule has 28 heavy (non-hydrogen) atoms. The lowest BCUT2D eigenvalue weighted by Crippen LogP contribution is -2.38. The lowest BCUT2D eigenvalue weighted by Gasteiger charge is -2.24. The van der Waals surface area contributed by atoms with Crippen molar-refractivity contribution in [3.63, 3.8) is 0 Å². The van der Waals surface area contributed by atoms with Crippen LogP contribution in [0.25, 0.3) is 0 Å². The average Bonchev–Trinajstić information content (AvgIpc) is 2.67. The first-order chi connectivity index (χ1) is 13.2. The van der Waals surface area contributed by atoms with Crippen LogP contribution in [0.3, 0.4) is 0 Å². The molecule has 152 valence electrons. The van der Waals surface area contributed by atoms with Gasteiger partial charge in [0.25, 0.3) is 5.91 Å². The molecule has 1 aliphatic heterocycles. The fraction of sp³-hybridized carbons (Fsp3) is 0.412. The standard InChI is InChI=1S/C17H17F4N3O4/c1-3-23(4-2)13(26)8-28-17(27)11-5-6-12(25)24(22-11)16-14(20)9(18)7-10(19)15(16)21/h7H,3-6,8H2,1-2H3. The lowest BCUT2D eigenvalue weighted by molar-refractivity contribution is -0.146. The molecule has 1 aliphatic rings. The van der Waals surface area contributed by atoms with Crippen molar-refractivity contribution in [2.45, 2.75) is 26.7 Å². The molecule has 0 atom stereocenters. The topological polar surface area (TPSA) is 79.3 Å². The smallest absolute Gasteiger partial charge is 0.355 e. The van der Waals surface area contributed by atoms with E-state index in [-0.39, 0.29) is 17.5 Å². The Morgan fingerprint density at radius 1 is 1.11 bits per heavy atom. The van der Waals surface area contributed by atoms with Crippen molar-refractivity contribution in [1.82, 2.24) is 4.90 Å². The molecule has 2 amide bonds. The summed E-state index contributed by atoms with van der Waals surface area (Å²) in [5, 5.41) is 3.57. The SMILES string of the molecule is CCN(CC)C(=O)COC(=O)C1=NN(c2c(F)c(F)cc(F)c2F)C(=O)CC1. The zero-order valence-electron chi connectivity index (χ0n) is 15.1. The minimum absolute atomic E-state index is 0.0136. The highest BCUT2D eigenvalue weighted by Gasteiger charge is 2.33. The summed E-state index contributed by atoms with van der Waals surface area (Å²) in [6.07, 6.45) is -0.635. The zero-order valence-corrected chi connectivity index (χ0v) is 15.1. The van der Waals surface area contributed by atoms with Crippen molar-refractivity contribution >= 4 is 29.2 Å². The van der Waals surface area contributed by atoms with E-state index in [1.165, 1.54) is 4.90 Å². The maximum atomic E-state index is 13.9. The molecule has 0 aromatic heterocycles. The molecule has 0 N–H and O–H groups in total. The molecule has 0 spiro atoms. The molecule has 0 bridgehead atoms. The van der Waals surface area contributed by atoms with Crippen LogP contribution in [0.15, 0.2) is 11.2 Å². The third-order valence-electron chi connectivity index (χ3n) is 4.01. The van der Waals surface area contributed by atoms with Crippen LogP contribution in [0, 0.1) is 23.3 Å². The number of benzene rings is 1. The van der Waals surface area contributed by atoms with Crippen molar-refractivity contribution in [3.8, 4) is 0 Å². The summed E-state index contributed by atoms with van der Waals surface area (Å²) in [4.78, 5) is 37.3. The molecular weight excluding hydrogens is 386 g/mol. The first kappa shape index (κ1) is 21.3. The van der Waals surface area contributed by atoms with Gasteiger partial charge in [0.15, 0.2) is 29.9 Å². The van der Waals surface area contributed by atoms with Crippen LogP contribution >= 0.6 is 0 Å². The number of carbonyl (C=O) groups is 3. The quantitative estimate of drug-likeness (QED) is 0.414. The Labute approximate surface area is 157 Å². The van der Waals surface area contributed by atoms with Crippen LogP contribution in [-0.4, -0.2) is 48.1 Å². The number of carbonyl (C=O) groups excluding carboxylic acids is 3. The van der Waals surface area contributed by atoms with E-state index in [1.807, 2.05) is 0 Å². The molecule has 11 heteroatoms. The summed E-state index contributed by atoms with van der Waals surface area (Å²) in [5.74, 6) is -9.64. The largest absolute Gasteiger partial charge is 0.451 e. The van der Waals surface area contributed by atoms with E-state index in [2.05, 4.69) is 5.10 Å². The van der Waals surface area contributed by atoms with Gasteiger partial charge in [0.1, 0.15) is 11.4 Å². The predicted molar refractivity (Wildman–Crippen MR) is 89.3 cm³/mol. The highest BCUT2D eigenvalue weighted by Crippen LogP contribution is 2.30. The second-order valence-corrected chi connectivity index (χ2v) is 5.71. The Bertz CT molecular complexity index is 814. The maximum absolute atomic E-state index is 13.9. The Balaban J connectivity index is 2.26. The summed E-state index contributed by atoms with van der Waals surface area (Å²) < 4.78 is 59.5. The van der Waals surface area contributed by atoms with Crippen LogP contribution in [0.2, 0.25) is 0 Å². The molecule has 7 nitrogen and oxygen atoms in total. The number of halogens is 4. The van der Waals surface area contributed by atoms with Crippen molar-refractivity contribution in [1.29, 1.82) is 0 Å². The second kappa shape index (κ2) is 8.81. The molecule has 0 radical (unpaired) electrons. The van der Waals surface area contributed by atoms with Gasteiger partial charge >= 0.3 is 5.97 Å². The van der Waals surface area contributed by atoms with E-state index < -0.39 is 65.5 Å². The number of anilines is 1. The third kappa shape index (κ3) is 4.29. The number of esters is 1. The molecule has 0 aliphatic carbocycles. The van der Waals surface area contributed by atoms with Gasteiger partial charge in [0.05, 0.1) is 0 Å². The summed E-state index contributed by atoms with van der Waals surface area (Å²) in [6.45, 7) is 3.68. The Hall–Kier alpha value is -2.98. The highest BCUT2D eigenvalue weighted by atomic mass is 19.2. The number of ether oxygens (including phenoxy) is 1. The van der Waals surface area contributed by atoms with E-state index in [4.69, 9.17) is 4.74 Å². The minimum Gasteiger partial charge on any atom is -0.451 e. The molecule has 0 fully saturated rings. The van der Waals surface area contributed by atoms with E-state index in [0.29, 0.717) is 13.1 Å². The lowest BCUT2D eigenvalue weighted by atomic mass is 10.1. The van der Waals surface area contributed by atoms with Crippen molar-refractivity contribution in [2.75, 3.05) is 24.7 Å². The van der Waals surface area contributed by atoms with Crippen LogP contribution in [-0.2, 0) is 19.1 Å². The van der Waals surface area contributed by atoms with E-state index >= 15 is 0 Å². The van der Waals surface area contributed by atoms with Crippen LogP contribution in [0.1, 0.15) is 26.7 Å². The molecular formula is C17H17F4N3O4. The molecule has 1 aromatic rings. The number of nitrogens with zero attached hydrogens (tertiary/aromatic N) is 3. The summed E-state index contributed by atoms with van der Waals surface area (Å²) in [7, 11) is 0. The van der Waals surface area contributed by atoms with Crippen LogP contribution in [0.4, 0.5) is 23.2 Å². The van der Waals surface area contributed by atoms with Gasteiger partial charge < -0.3 is 9.64 Å². The Morgan fingerprint density at radius 3 is 2.21 bits per heavy atom. The molecule has 2 rings (SSSR count). The van der Waals surface area contributed by atoms with Crippen molar-refractivity contribution in [3.05, 3.63) is 29.3 Å². The predicted octanol–water partition coefficient (Wildman–Crippen LogP) is 2.14. The number of likely N-dealkylation sites (N-methyl/N-ethyl adjacent to an activating group) is 1. The monoisotopic (exact) mass is 403 g/mol. The average molecular weight is 403 g/mol. The zero-order chi connectivity index (χ0) is 21.0. The second-order valence-electron chi connectivity index (χ2n) is 5.71. The van der Waals surface area contributed by atoms with Gasteiger partial charge in [-0.25, -0.2) is 22.4 Å². The van der Waals surface area contributed by atoms with Crippen molar-refractivity contribution in [2.24, 2.45) is 5.10 Å². The van der Waals surface area contributed by atoms with Crippen LogP contribution < -0.4 is 5.01 Å². The van der Waals surface area contributed by atoms with E-state index in [1.54, 1.807) is 13.8 Å². The molecule has 1 heterocycles. The summed E-state index contributed by atoms with van der Waals surface area (Å²) in [6, 6.07) is -0.0136. The third-order valence-corrected chi connectivity index (χ3v) is 4.01. The van der Waals surface area contributed by atoms with Gasteiger partial charge in [-0.05, 0) is 13.8 Å². The van der Waals surface area contributed by atoms with E-state index in [9.17, 15) is 31.9 Å². The van der Waals surface area contributed by atoms with E-state index in [0.717, 1.165) is 0 Å². The van der Waals surface area contributed by atoms with Gasteiger partial charge in [-0.15, -0.1) is 0 Å². The van der Waals surface area contributed by atoms with Gasteiger partial charge in [-0.2, -0.15) is 10.1 Å². The number of hydrazone groups is 1. The first-order valence-corrected chi connectivity index (χ1v) is 8.39. The first-order valence-electron chi connectivity index (χ1n) is 8.39. The minimum atomic E-state index is -1.83. The molecule has 1 aromatic carbocycles. The fourth-order valence-corrected chi connectivity index (χ4v) is 2.50. The van der Waals surface area contributed by atoms with Gasteiger partial charge in [-0.3, -0.25) is 9.59 Å². The fourth-order valence-electron chi connectivity index (χ4n) is 2.50. The molecule has 0 saturated heterocycles. The number of rotatable bonds is 6.